The van der Waals surface area contributed by atoms with Gasteiger partial charge in [0, 0.05) is 6.42 Å². The van der Waals surface area contributed by atoms with Gasteiger partial charge >= 0.3 is 0 Å². The molecule has 0 spiro atoms. The van der Waals surface area contributed by atoms with Crippen molar-refractivity contribution in [3.8, 4) is 6.07 Å². The van der Waals surface area contributed by atoms with Crippen LogP contribution in [0.25, 0.3) is 0 Å². The van der Waals surface area contributed by atoms with E-state index in [0.29, 0.717) is 12.3 Å². The van der Waals surface area contributed by atoms with Crippen LogP contribution in [-0.4, -0.2) is 10.1 Å². The third-order valence-corrected chi connectivity index (χ3v) is 4.38. The number of rotatable bonds is 4. The summed E-state index contributed by atoms with van der Waals surface area (Å²) in [6.45, 7) is 1.87. The van der Waals surface area contributed by atoms with Crippen LogP contribution in [0, 0.1) is 17.2 Å². The first-order valence-electron chi connectivity index (χ1n) is 7.53. The molecule has 4 heteroatoms. The molecule has 1 saturated carbocycles. The van der Waals surface area contributed by atoms with Gasteiger partial charge in [-0.1, -0.05) is 48.3 Å². The van der Waals surface area contributed by atoms with Crippen molar-refractivity contribution >= 4 is 0 Å². The minimum absolute atomic E-state index is 0.102. The van der Waals surface area contributed by atoms with Crippen molar-refractivity contribution in [1.29, 1.82) is 5.26 Å². The SMILES string of the molecule is CC(C#N)Cc1nc(C2(c3ccccc3)CCCC2)no1. The lowest BCUT2D eigenvalue weighted by atomic mass is 9.78. The molecule has 0 bridgehead atoms. The summed E-state index contributed by atoms with van der Waals surface area (Å²) >= 11 is 0. The molecule has 1 aromatic heterocycles. The Morgan fingerprint density at radius 2 is 2.00 bits per heavy atom. The highest BCUT2D eigenvalue weighted by Gasteiger charge is 2.41. The zero-order valence-corrected chi connectivity index (χ0v) is 12.2. The van der Waals surface area contributed by atoms with E-state index in [1.807, 2.05) is 13.0 Å². The van der Waals surface area contributed by atoms with Crippen molar-refractivity contribution in [2.24, 2.45) is 5.92 Å². The fourth-order valence-corrected chi connectivity index (χ4v) is 3.22. The monoisotopic (exact) mass is 281 g/mol. The number of nitrogens with zero attached hydrogens (tertiary/aromatic N) is 3. The van der Waals surface area contributed by atoms with Crippen LogP contribution >= 0.6 is 0 Å². The molecule has 0 radical (unpaired) electrons. The zero-order chi connectivity index (χ0) is 14.7. The van der Waals surface area contributed by atoms with Crippen LogP contribution in [0.3, 0.4) is 0 Å². The minimum atomic E-state index is -0.112. The van der Waals surface area contributed by atoms with Crippen LogP contribution in [0.5, 0.6) is 0 Å². The van der Waals surface area contributed by atoms with Crippen LogP contribution in [-0.2, 0) is 11.8 Å². The maximum Gasteiger partial charge on any atom is 0.227 e. The summed E-state index contributed by atoms with van der Waals surface area (Å²) in [6.07, 6.45) is 5.02. The standard InChI is InChI=1S/C17H19N3O/c1-13(12-18)11-15-19-16(20-21-15)17(9-5-6-10-17)14-7-3-2-4-8-14/h2-4,7-8,13H,5-6,9-11H2,1H3. The third-order valence-electron chi connectivity index (χ3n) is 4.38. The molecule has 1 atom stereocenters. The number of benzene rings is 1. The molecule has 108 valence electrons. The van der Waals surface area contributed by atoms with Crippen molar-refractivity contribution < 1.29 is 4.52 Å². The molecule has 1 aromatic carbocycles. The van der Waals surface area contributed by atoms with Crippen LogP contribution in [0.4, 0.5) is 0 Å². The second-order valence-electron chi connectivity index (χ2n) is 5.90. The van der Waals surface area contributed by atoms with E-state index < -0.39 is 0 Å². The Morgan fingerprint density at radius 1 is 1.29 bits per heavy atom. The summed E-state index contributed by atoms with van der Waals surface area (Å²) in [4.78, 5) is 4.60. The molecule has 0 N–H and O–H groups in total. The first kappa shape index (κ1) is 13.8. The van der Waals surface area contributed by atoms with E-state index in [1.165, 1.54) is 18.4 Å². The van der Waals surface area contributed by atoms with Crippen molar-refractivity contribution in [2.45, 2.75) is 44.4 Å². The van der Waals surface area contributed by atoms with Gasteiger partial charge in [0.05, 0.1) is 17.4 Å². The van der Waals surface area contributed by atoms with Crippen LogP contribution in [0.15, 0.2) is 34.9 Å². The van der Waals surface area contributed by atoms with Gasteiger partial charge in [0.15, 0.2) is 5.82 Å². The summed E-state index contributed by atoms with van der Waals surface area (Å²) < 4.78 is 5.38. The molecule has 3 rings (SSSR count). The van der Waals surface area contributed by atoms with Gasteiger partial charge in [0.1, 0.15) is 0 Å². The lowest BCUT2D eigenvalue weighted by Crippen LogP contribution is -2.25. The molecule has 1 aliphatic rings. The molecule has 4 nitrogen and oxygen atoms in total. The average Bonchev–Trinajstić information content (AvgIpc) is 3.17. The largest absolute Gasteiger partial charge is 0.339 e. The van der Waals surface area contributed by atoms with Gasteiger partial charge < -0.3 is 4.52 Å². The van der Waals surface area contributed by atoms with E-state index in [1.54, 1.807) is 0 Å². The molecule has 0 saturated heterocycles. The highest BCUT2D eigenvalue weighted by molar-refractivity contribution is 5.33. The molecule has 1 heterocycles. The topological polar surface area (TPSA) is 62.7 Å². The highest BCUT2D eigenvalue weighted by atomic mass is 16.5. The van der Waals surface area contributed by atoms with Crippen molar-refractivity contribution in [3.05, 3.63) is 47.6 Å². The van der Waals surface area contributed by atoms with Crippen LogP contribution < -0.4 is 0 Å². The van der Waals surface area contributed by atoms with Crippen LogP contribution in [0.2, 0.25) is 0 Å². The predicted molar refractivity (Wildman–Crippen MR) is 78.5 cm³/mol. The normalized spacial score (nSPS) is 18.3. The Kier molecular flexibility index (Phi) is 3.74. The third kappa shape index (κ3) is 2.56. The highest BCUT2D eigenvalue weighted by Crippen LogP contribution is 2.45. The quantitative estimate of drug-likeness (QED) is 0.858. The van der Waals surface area contributed by atoms with E-state index in [9.17, 15) is 0 Å². The van der Waals surface area contributed by atoms with E-state index in [2.05, 4.69) is 40.5 Å². The fourth-order valence-electron chi connectivity index (χ4n) is 3.22. The van der Waals surface area contributed by atoms with Crippen molar-refractivity contribution in [3.63, 3.8) is 0 Å². The van der Waals surface area contributed by atoms with Gasteiger partial charge in [-0.15, -0.1) is 0 Å². The summed E-state index contributed by atoms with van der Waals surface area (Å²) in [5.74, 6) is 1.25. The molecule has 2 aromatic rings. The van der Waals surface area contributed by atoms with Gasteiger partial charge in [-0.05, 0) is 25.3 Å². The predicted octanol–water partition coefficient (Wildman–Crippen LogP) is 3.63. The van der Waals surface area contributed by atoms with Gasteiger partial charge in [-0.25, -0.2) is 0 Å². The smallest absolute Gasteiger partial charge is 0.227 e. The molecule has 1 unspecified atom stereocenters. The summed E-state index contributed by atoms with van der Waals surface area (Å²) in [7, 11) is 0. The van der Waals surface area contributed by atoms with Gasteiger partial charge in [0.2, 0.25) is 5.89 Å². The van der Waals surface area contributed by atoms with E-state index in [0.717, 1.165) is 18.7 Å². The summed E-state index contributed by atoms with van der Waals surface area (Å²) in [6, 6.07) is 12.7. The maximum absolute atomic E-state index is 8.90. The van der Waals surface area contributed by atoms with Crippen molar-refractivity contribution in [2.75, 3.05) is 0 Å². The minimum Gasteiger partial charge on any atom is -0.339 e. The lowest BCUT2D eigenvalue weighted by molar-refractivity contribution is 0.353. The van der Waals surface area contributed by atoms with Crippen molar-refractivity contribution in [1.82, 2.24) is 10.1 Å². The summed E-state index contributed by atoms with van der Waals surface area (Å²) in [5, 5.41) is 13.1. The Morgan fingerprint density at radius 3 is 2.67 bits per heavy atom. The number of hydrogen-bond acceptors (Lipinski definition) is 4. The Balaban J connectivity index is 1.94. The first-order valence-corrected chi connectivity index (χ1v) is 7.53. The zero-order valence-electron chi connectivity index (χ0n) is 12.2. The average molecular weight is 281 g/mol. The Bertz CT molecular complexity index is 636. The molecule has 0 amide bonds. The molecule has 1 fully saturated rings. The molecular formula is C17H19N3O. The molecule has 0 aliphatic heterocycles. The number of nitriles is 1. The molecule has 1 aliphatic carbocycles. The number of aromatic nitrogens is 2. The maximum atomic E-state index is 8.90. The second-order valence-corrected chi connectivity index (χ2v) is 5.90. The van der Waals surface area contributed by atoms with E-state index in [-0.39, 0.29) is 11.3 Å². The lowest BCUT2D eigenvalue weighted by Gasteiger charge is -2.25. The fraction of sp³-hybridized carbons (Fsp3) is 0.471. The van der Waals surface area contributed by atoms with Gasteiger partial charge in [-0.3, -0.25) is 0 Å². The Hall–Kier alpha value is -2.15. The van der Waals surface area contributed by atoms with E-state index >= 15 is 0 Å². The summed E-state index contributed by atoms with van der Waals surface area (Å²) in [5.41, 5.74) is 1.15. The van der Waals surface area contributed by atoms with Gasteiger partial charge in [-0.2, -0.15) is 10.2 Å². The van der Waals surface area contributed by atoms with Crippen LogP contribution in [0.1, 0.15) is 49.9 Å². The molecule has 21 heavy (non-hydrogen) atoms. The first-order chi connectivity index (χ1) is 10.2. The van der Waals surface area contributed by atoms with Gasteiger partial charge in [0.25, 0.3) is 0 Å². The molecular weight excluding hydrogens is 262 g/mol. The van der Waals surface area contributed by atoms with E-state index in [4.69, 9.17) is 9.78 Å². The number of hydrogen-bond donors (Lipinski definition) is 0. The second kappa shape index (κ2) is 5.69. The Labute approximate surface area is 124 Å².